The topological polar surface area (TPSA) is 6.48 Å². The van der Waals surface area contributed by atoms with E-state index in [9.17, 15) is 0 Å². The standard InChI is InChI=1S/C15H22N2/c1-11-6-12(2)8-14-9-16(4)10-17(5)15(14)13(3)7-11/h6-9,15H,10H2,1-5H3. The average Bonchev–Trinajstić information content (AvgIpc) is 2.12. The van der Waals surface area contributed by atoms with Crippen LogP contribution in [0.3, 0.4) is 0 Å². The first-order chi connectivity index (χ1) is 7.97. The SMILES string of the molecule is CC1=CC(C)=CC2=CN(C)CN(C)C2C(C)=C1. The molecule has 0 N–H and O–H groups in total. The first-order valence-corrected chi connectivity index (χ1v) is 6.14. The highest BCUT2D eigenvalue weighted by atomic mass is 15.3. The van der Waals surface area contributed by atoms with Crippen molar-refractivity contribution < 1.29 is 0 Å². The van der Waals surface area contributed by atoms with Gasteiger partial charge in [0.1, 0.15) is 0 Å². The predicted molar refractivity (Wildman–Crippen MR) is 73.5 cm³/mol. The van der Waals surface area contributed by atoms with Crippen LogP contribution in [0.1, 0.15) is 20.8 Å². The minimum Gasteiger partial charge on any atom is -0.367 e. The molecule has 0 amide bonds. The summed E-state index contributed by atoms with van der Waals surface area (Å²) in [6, 6.07) is 0.421. The second-order valence-corrected chi connectivity index (χ2v) is 5.35. The molecular formula is C15H22N2. The smallest absolute Gasteiger partial charge is 0.0703 e. The lowest BCUT2D eigenvalue weighted by molar-refractivity contribution is 0.185. The van der Waals surface area contributed by atoms with Crippen molar-refractivity contribution in [2.75, 3.05) is 20.8 Å². The van der Waals surface area contributed by atoms with Crippen molar-refractivity contribution in [1.82, 2.24) is 9.80 Å². The summed E-state index contributed by atoms with van der Waals surface area (Å²) in [4.78, 5) is 4.63. The van der Waals surface area contributed by atoms with E-state index < -0.39 is 0 Å². The molecule has 0 radical (unpaired) electrons. The molecule has 2 rings (SSSR count). The molecule has 0 saturated heterocycles. The third kappa shape index (κ3) is 2.52. The average molecular weight is 230 g/mol. The van der Waals surface area contributed by atoms with Gasteiger partial charge in [-0.05, 0) is 33.4 Å². The van der Waals surface area contributed by atoms with Crippen LogP contribution in [-0.4, -0.2) is 36.6 Å². The van der Waals surface area contributed by atoms with Gasteiger partial charge in [0, 0.05) is 13.2 Å². The molecular weight excluding hydrogens is 208 g/mol. The van der Waals surface area contributed by atoms with Gasteiger partial charge in [-0.2, -0.15) is 0 Å². The summed E-state index contributed by atoms with van der Waals surface area (Å²) >= 11 is 0. The van der Waals surface area contributed by atoms with Gasteiger partial charge in [0.15, 0.2) is 0 Å². The van der Waals surface area contributed by atoms with E-state index in [2.05, 4.69) is 69.1 Å². The Labute approximate surface area is 105 Å². The lowest BCUT2D eigenvalue weighted by Gasteiger charge is -2.38. The molecule has 1 heterocycles. The minimum absolute atomic E-state index is 0.421. The number of likely N-dealkylation sites (N-methyl/N-ethyl adjacent to an activating group) is 1. The highest BCUT2D eigenvalue weighted by Gasteiger charge is 2.25. The van der Waals surface area contributed by atoms with E-state index in [-0.39, 0.29) is 0 Å². The second-order valence-electron chi connectivity index (χ2n) is 5.35. The quantitative estimate of drug-likeness (QED) is 0.631. The molecule has 0 aromatic carbocycles. The summed E-state index contributed by atoms with van der Waals surface area (Å²) in [6.07, 6.45) is 9.11. The van der Waals surface area contributed by atoms with Crippen molar-refractivity contribution >= 4 is 0 Å². The first-order valence-electron chi connectivity index (χ1n) is 6.14. The molecule has 92 valence electrons. The Hall–Kier alpha value is -1.28. The lowest BCUT2D eigenvalue weighted by atomic mass is 9.92. The van der Waals surface area contributed by atoms with E-state index in [4.69, 9.17) is 0 Å². The molecule has 0 aromatic heterocycles. The Bertz CT molecular complexity index is 438. The number of fused-ring (bicyclic) bond motifs is 1. The maximum atomic E-state index is 2.39. The normalized spacial score (nSPS) is 26.2. The van der Waals surface area contributed by atoms with Crippen LogP contribution in [0.4, 0.5) is 0 Å². The molecule has 0 saturated carbocycles. The molecule has 1 atom stereocenters. The van der Waals surface area contributed by atoms with E-state index in [0.717, 1.165) is 6.67 Å². The maximum absolute atomic E-state index is 2.39. The van der Waals surface area contributed by atoms with Gasteiger partial charge in [0.05, 0.1) is 12.7 Å². The Morgan fingerprint density at radius 1 is 1.00 bits per heavy atom. The van der Waals surface area contributed by atoms with Crippen molar-refractivity contribution in [3.8, 4) is 0 Å². The van der Waals surface area contributed by atoms with Gasteiger partial charge < -0.3 is 4.90 Å². The van der Waals surface area contributed by atoms with E-state index in [1.54, 1.807) is 0 Å². The summed E-state index contributed by atoms with van der Waals surface area (Å²) in [5, 5.41) is 0. The molecule has 2 aliphatic rings. The van der Waals surface area contributed by atoms with E-state index in [1.807, 2.05) is 0 Å². The van der Waals surface area contributed by atoms with Gasteiger partial charge >= 0.3 is 0 Å². The first kappa shape index (κ1) is 12.2. The molecule has 1 aliphatic heterocycles. The Kier molecular flexibility index (Phi) is 3.25. The Balaban J connectivity index is 2.52. The van der Waals surface area contributed by atoms with Crippen LogP contribution < -0.4 is 0 Å². The monoisotopic (exact) mass is 230 g/mol. The van der Waals surface area contributed by atoms with Gasteiger partial charge in [-0.15, -0.1) is 0 Å². The fourth-order valence-electron chi connectivity index (χ4n) is 2.92. The van der Waals surface area contributed by atoms with Crippen molar-refractivity contribution in [1.29, 1.82) is 0 Å². The molecule has 0 aromatic rings. The van der Waals surface area contributed by atoms with Crippen LogP contribution in [0.2, 0.25) is 0 Å². The second kappa shape index (κ2) is 4.53. The van der Waals surface area contributed by atoms with Gasteiger partial charge in [-0.25, -0.2) is 0 Å². The minimum atomic E-state index is 0.421. The molecule has 0 fully saturated rings. The number of allylic oxidation sites excluding steroid dienone is 4. The molecule has 0 bridgehead atoms. The fourth-order valence-corrected chi connectivity index (χ4v) is 2.92. The number of rotatable bonds is 0. The Morgan fingerprint density at radius 2 is 1.65 bits per heavy atom. The summed E-state index contributed by atoms with van der Waals surface area (Å²) < 4.78 is 0. The maximum Gasteiger partial charge on any atom is 0.0703 e. The molecule has 1 unspecified atom stereocenters. The van der Waals surface area contributed by atoms with Crippen LogP contribution >= 0.6 is 0 Å². The fraction of sp³-hybridized carbons (Fsp3) is 0.467. The van der Waals surface area contributed by atoms with Crippen molar-refractivity contribution in [2.24, 2.45) is 0 Å². The largest absolute Gasteiger partial charge is 0.367 e. The molecule has 17 heavy (non-hydrogen) atoms. The van der Waals surface area contributed by atoms with Gasteiger partial charge in [-0.3, -0.25) is 4.90 Å². The van der Waals surface area contributed by atoms with Crippen LogP contribution in [0.5, 0.6) is 0 Å². The van der Waals surface area contributed by atoms with E-state index in [1.165, 1.54) is 22.3 Å². The third-order valence-electron chi connectivity index (χ3n) is 3.31. The summed E-state index contributed by atoms with van der Waals surface area (Å²) in [7, 11) is 4.32. The molecule has 1 aliphatic carbocycles. The zero-order valence-corrected chi connectivity index (χ0v) is 11.5. The summed E-state index contributed by atoms with van der Waals surface area (Å²) in [5.41, 5.74) is 5.47. The third-order valence-corrected chi connectivity index (χ3v) is 3.31. The number of hydrogen-bond donors (Lipinski definition) is 0. The van der Waals surface area contributed by atoms with E-state index in [0.29, 0.717) is 6.04 Å². The van der Waals surface area contributed by atoms with Crippen molar-refractivity contribution in [3.63, 3.8) is 0 Å². The molecule has 0 spiro atoms. The number of nitrogens with zero attached hydrogens (tertiary/aromatic N) is 2. The summed E-state index contributed by atoms with van der Waals surface area (Å²) in [6.45, 7) is 7.55. The molecule has 2 heteroatoms. The highest BCUT2D eigenvalue weighted by Crippen LogP contribution is 2.27. The van der Waals surface area contributed by atoms with Crippen LogP contribution in [0.15, 0.2) is 46.7 Å². The number of hydrogen-bond acceptors (Lipinski definition) is 2. The van der Waals surface area contributed by atoms with Crippen LogP contribution in [-0.2, 0) is 0 Å². The van der Waals surface area contributed by atoms with Crippen molar-refractivity contribution in [2.45, 2.75) is 26.8 Å². The summed E-state index contributed by atoms with van der Waals surface area (Å²) in [5.74, 6) is 0. The zero-order valence-electron chi connectivity index (χ0n) is 11.5. The van der Waals surface area contributed by atoms with Gasteiger partial charge in [-0.1, -0.05) is 34.9 Å². The Morgan fingerprint density at radius 3 is 2.35 bits per heavy atom. The highest BCUT2D eigenvalue weighted by molar-refractivity contribution is 5.44. The molecule has 2 nitrogen and oxygen atoms in total. The lowest BCUT2D eigenvalue weighted by Crippen LogP contribution is -2.44. The van der Waals surface area contributed by atoms with Crippen molar-refractivity contribution in [3.05, 3.63) is 46.7 Å². The van der Waals surface area contributed by atoms with Gasteiger partial charge in [0.2, 0.25) is 0 Å². The van der Waals surface area contributed by atoms with Crippen LogP contribution in [0, 0.1) is 0 Å². The van der Waals surface area contributed by atoms with Crippen LogP contribution in [0.25, 0.3) is 0 Å². The zero-order chi connectivity index (χ0) is 12.6. The predicted octanol–water partition coefficient (Wildman–Crippen LogP) is 2.93. The van der Waals surface area contributed by atoms with E-state index >= 15 is 0 Å². The van der Waals surface area contributed by atoms with Gasteiger partial charge in [0.25, 0.3) is 0 Å².